The number of nitrogens with one attached hydrogen (secondary N) is 1. The summed E-state index contributed by atoms with van der Waals surface area (Å²) in [6, 6.07) is 7.58. The van der Waals surface area contributed by atoms with Crippen LogP contribution in [0.5, 0.6) is 0 Å². The molecule has 1 aliphatic rings. The lowest BCUT2D eigenvalue weighted by atomic mass is 9.97. The van der Waals surface area contributed by atoms with Crippen LogP contribution in [0.15, 0.2) is 29.1 Å². The fourth-order valence-electron chi connectivity index (χ4n) is 4.19. The van der Waals surface area contributed by atoms with Crippen LogP contribution in [0.4, 0.5) is 0 Å². The van der Waals surface area contributed by atoms with Crippen LogP contribution in [0, 0.1) is 6.92 Å². The number of aromatic nitrogens is 5. The Morgan fingerprint density at radius 3 is 2.73 bits per heavy atom. The fourth-order valence-corrected chi connectivity index (χ4v) is 4.19. The average Bonchev–Trinajstić information content (AvgIpc) is 3.21. The Labute approximate surface area is 175 Å². The van der Waals surface area contributed by atoms with E-state index in [-0.39, 0.29) is 23.2 Å². The van der Waals surface area contributed by atoms with Crippen molar-refractivity contribution in [3.8, 4) is 0 Å². The summed E-state index contributed by atoms with van der Waals surface area (Å²) in [4.78, 5) is 18.5. The lowest BCUT2D eigenvalue weighted by Gasteiger charge is -2.36. The summed E-state index contributed by atoms with van der Waals surface area (Å²) in [7, 11) is 0. The van der Waals surface area contributed by atoms with Crippen LogP contribution in [0.3, 0.4) is 0 Å². The number of para-hydroxylation sites is 1. The van der Waals surface area contributed by atoms with E-state index in [9.17, 15) is 9.90 Å². The van der Waals surface area contributed by atoms with Gasteiger partial charge in [-0.05, 0) is 67.5 Å². The van der Waals surface area contributed by atoms with E-state index in [0.29, 0.717) is 37.3 Å². The molecule has 2 aromatic heterocycles. The third-order valence-electron chi connectivity index (χ3n) is 6.45. The van der Waals surface area contributed by atoms with Crippen LogP contribution in [0.1, 0.15) is 63.0 Å². The van der Waals surface area contributed by atoms with Crippen LogP contribution < -0.4 is 5.56 Å². The third-order valence-corrected chi connectivity index (χ3v) is 6.45. The number of fused-ring (bicyclic) bond motifs is 1. The van der Waals surface area contributed by atoms with Gasteiger partial charge in [0.05, 0.1) is 17.2 Å². The van der Waals surface area contributed by atoms with E-state index >= 15 is 0 Å². The number of benzene rings is 1. The number of H-pyrrole nitrogens is 1. The minimum Gasteiger partial charge on any atom is -0.393 e. The fraction of sp³-hybridized carbons (Fsp3) is 0.545. The quantitative estimate of drug-likeness (QED) is 0.670. The summed E-state index contributed by atoms with van der Waals surface area (Å²) in [6.07, 6.45) is 1.88. The highest BCUT2D eigenvalue weighted by Gasteiger charge is 2.35. The largest absolute Gasteiger partial charge is 0.393 e. The van der Waals surface area contributed by atoms with Crippen molar-refractivity contribution in [2.75, 3.05) is 13.1 Å². The van der Waals surface area contributed by atoms with Crippen molar-refractivity contribution in [2.45, 2.75) is 64.6 Å². The molecule has 0 aliphatic carbocycles. The van der Waals surface area contributed by atoms with E-state index in [1.807, 2.05) is 35.9 Å². The molecule has 1 aliphatic heterocycles. The Morgan fingerprint density at radius 1 is 1.30 bits per heavy atom. The standard InChI is InChI=1S/C22H30N6O2/c1-5-22(3,4)28-20(24-25-26-28)19(27-11-9-16(29)10-12-27)17-13-15-8-6-7-14(2)18(15)23-21(17)30/h6-8,13,16,19,29H,5,9-12H2,1-4H3,(H,23,30). The maximum atomic E-state index is 13.3. The smallest absolute Gasteiger partial charge is 0.253 e. The number of piperidine rings is 1. The van der Waals surface area contributed by atoms with Crippen molar-refractivity contribution in [2.24, 2.45) is 0 Å². The van der Waals surface area contributed by atoms with Gasteiger partial charge in [-0.1, -0.05) is 25.1 Å². The molecule has 4 rings (SSSR count). The Bertz CT molecular complexity index is 1090. The molecule has 0 bridgehead atoms. The Kier molecular flexibility index (Phi) is 5.46. The van der Waals surface area contributed by atoms with E-state index in [0.717, 1.165) is 22.9 Å². The predicted molar refractivity (Wildman–Crippen MR) is 115 cm³/mol. The molecular weight excluding hydrogens is 380 g/mol. The number of likely N-dealkylation sites (tertiary alicyclic amines) is 1. The summed E-state index contributed by atoms with van der Waals surface area (Å²) >= 11 is 0. The average molecular weight is 411 g/mol. The number of aryl methyl sites for hydroxylation is 1. The molecule has 8 nitrogen and oxygen atoms in total. The topological polar surface area (TPSA) is 99.9 Å². The Balaban J connectivity index is 1.90. The van der Waals surface area contributed by atoms with Gasteiger partial charge in [-0.15, -0.1) is 5.10 Å². The molecule has 2 N–H and O–H groups in total. The second kappa shape index (κ2) is 7.92. The van der Waals surface area contributed by atoms with Gasteiger partial charge >= 0.3 is 0 Å². The summed E-state index contributed by atoms with van der Waals surface area (Å²) in [5.41, 5.74) is 2.11. The van der Waals surface area contributed by atoms with Crippen LogP contribution in [0.2, 0.25) is 0 Å². The van der Waals surface area contributed by atoms with Crippen LogP contribution in [-0.4, -0.2) is 54.4 Å². The van der Waals surface area contributed by atoms with Gasteiger partial charge in [0.1, 0.15) is 6.04 Å². The first-order valence-electron chi connectivity index (χ1n) is 10.6. The molecule has 1 saturated heterocycles. The van der Waals surface area contributed by atoms with Gasteiger partial charge in [-0.3, -0.25) is 9.69 Å². The van der Waals surface area contributed by atoms with Crippen molar-refractivity contribution < 1.29 is 5.11 Å². The number of tetrazole rings is 1. The highest BCUT2D eigenvalue weighted by molar-refractivity contribution is 5.82. The number of aliphatic hydroxyl groups excluding tert-OH is 1. The molecule has 8 heteroatoms. The van der Waals surface area contributed by atoms with Gasteiger partial charge < -0.3 is 10.1 Å². The Hall–Kier alpha value is -2.58. The molecule has 3 heterocycles. The first kappa shape index (κ1) is 20.7. The van der Waals surface area contributed by atoms with Crippen molar-refractivity contribution in [1.29, 1.82) is 0 Å². The van der Waals surface area contributed by atoms with Gasteiger partial charge in [0.15, 0.2) is 5.82 Å². The summed E-state index contributed by atoms with van der Waals surface area (Å²) in [6.45, 7) is 9.64. The second-order valence-corrected chi connectivity index (χ2v) is 8.88. The van der Waals surface area contributed by atoms with Gasteiger partial charge in [-0.25, -0.2) is 4.68 Å². The van der Waals surface area contributed by atoms with Crippen molar-refractivity contribution in [1.82, 2.24) is 30.1 Å². The van der Waals surface area contributed by atoms with E-state index in [1.54, 1.807) is 0 Å². The van der Waals surface area contributed by atoms with Gasteiger partial charge in [-0.2, -0.15) is 0 Å². The minimum absolute atomic E-state index is 0.128. The molecule has 160 valence electrons. The monoisotopic (exact) mass is 410 g/mol. The van der Waals surface area contributed by atoms with Crippen LogP contribution in [-0.2, 0) is 5.54 Å². The lowest BCUT2D eigenvalue weighted by Crippen LogP contribution is -2.43. The van der Waals surface area contributed by atoms with Crippen molar-refractivity contribution >= 4 is 10.9 Å². The molecule has 30 heavy (non-hydrogen) atoms. The van der Waals surface area contributed by atoms with Gasteiger partial charge in [0.2, 0.25) is 0 Å². The molecule has 0 amide bonds. The number of aliphatic hydroxyl groups is 1. The lowest BCUT2D eigenvalue weighted by molar-refractivity contribution is 0.0644. The van der Waals surface area contributed by atoms with Gasteiger partial charge in [0, 0.05) is 18.7 Å². The van der Waals surface area contributed by atoms with Crippen molar-refractivity contribution in [3.05, 3.63) is 51.6 Å². The molecule has 1 unspecified atom stereocenters. The third kappa shape index (κ3) is 3.65. The van der Waals surface area contributed by atoms with Crippen LogP contribution >= 0.6 is 0 Å². The second-order valence-electron chi connectivity index (χ2n) is 8.88. The number of hydrogen-bond acceptors (Lipinski definition) is 6. The predicted octanol–water partition coefficient (Wildman–Crippen LogP) is 2.51. The normalized spacial score (nSPS) is 17.5. The van der Waals surface area contributed by atoms with Crippen LogP contribution in [0.25, 0.3) is 10.9 Å². The summed E-state index contributed by atoms with van der Waals surface area (Å²) in [5.74, 6) is 0.663. The number of pyridine rings is 1. The van der Waals surface area contributed by atoms with E-state index in [4.69, 9.17) is 0 Å². The number of rotatable bonds is 5. The first-order valence-corrected chi connectivity index (χ1v) is 10.6. The zero-order chi connectivity index (χ0) is 21.5. The molecule has 1 atom stereocenters. The molecule has 3 aromatic rings. The summed E-state index contributed by atoms with van der Waals surface area (Å²) < 4.78 is 1.85. The van der Waals surface area contributed by atoms with E-state index in [2.05, 4.69) is 46.2 Å². The molecule has 1 fully saturated rings. The highest BCUT2D eigenvalue weighted by Crippen LogP contribution is 2.32. The number of hydrogen-bond donors (Lipinski definition) is 2. The zero-order valence-electron chi connectivity index (χ0n) is 18.1. The van der Waals surface area contributed by atoms with E-state index < -0.39 is 0 Å². The van der Waals surface area contributed by atoms with Crippen molar-refractivity contribution in [3.63, 3.8) is 0 Å². The molecular formula is C22H30N6O2. The first-order chi connectivity index (χ1) is 14.3. The highest BCUT2D eigenvalue weighted by atomic mass is 16.3. The molecule has 0 saturated carbocycles. The maximum Gasteiger partial charge on any atom is 0.253 e. The van der Waals surface area contributed by atoms with Gasteiger partial charge in [0.25, 0.3) is 5.56 Å². The SMILES string of the molecule is CCC(C)(C)n1nnnc1C(c1cc2cccc(C)c2[nH]c1=O)N1CCC(O)CC1. The number of aromatic amines is 1. The van der Waals surface area contributed by atoms with E-state index in [1.165, 1.54) is 0 Å². The minimum atomic E-state index is -0.382. The molecule has 0 spiro atoms. The maximum absolute atomic E-state index is 13.3. The number of nitrogens with zero attached hydrogens (tertiary/aromatic N) is 5. The summed E-state index contributed by atoms with van der Waals surface area (Å²) in [5, 5.41) is 23.7. The molecule has 1 aromatic carbocycles. The Morgan fingerprint density at radius 2 is 2.03 bits per heavy atom. The zero-order valence-corrected chi connectivity index (χ0v) is 18.1. The molecule has 0 radical (unpaired) electrons.